The Morgan fingerprint density at radius 2 is 2.07 bits per heavy atom. The van der Waals surface area contributed by atoms with Gasteiger partial charge in [0.1, 0.15) is 5.54 Å². The Bertz CT molecular complexity index is 331. The van der Waals surface area contributed by atoms with Gasteiger partial charge in [-0.2, -0.15) is 17.0 Å². The molecule has 0 saturated carbocycles. The number of nitriles is 1. The second kappa shape index (κ2) is 5.79. The summed E-state index contributed by atoms with van der Waals surface area (Å²) in [7, 11) is 0. The van der Waals surface area contributed by atoms with Crippen LogP contribution in [0, 0.1) is 11.3 Å². The molecule has 0 amide bonds. The molecule has 0 bridgehead atoms. The Hall–Kier alpha value is -0.980. The molecule has 0 aliphatic rings. The fourth-order valence-corrected chi connectivity index (χ4v) is 2.13. The lowest BCUT2D eigenvalue weighted by Gasteiger charge is -2.21. The zero-order valence-electron chi connectivity index (χ0n) is 8.94. The Labute approximate surface area is 95.5 Å². The molecule has 0 aliphatic heterocycles. The Morgan fingerprint density at radius 3 is 2.60 bits per heavy atom. The molecule has 1 rings (SSSR count). The summed E-state index contributed by atoms with van der Waals surface area (Å²) in [5.41, 5.74) is 6.16. The van der Waals surface area contributed by atoms with Gasteiger partial charge in [0, 0.05) is 0 Å². The van der Waals surface area contributed by atoms with Crippen LogP contribution in [0.15, 0.2) is 30.3 Å². The van der Waals surface area contributed by atoms with E-state index < -0.39 is 5.54 Å². The quantitative estimate of drug-likeness (QED) is 0.776. The minimum absolute atomic E-state index is 0.700. The first-order valence-electron chi connectivity index (χ1n) is 5.06. The topological polar surface area (TPSA) is 49.8 Å². The van der Waals surface area contributed by atoms with E-state index in [9.17, 15) is 0 Å². The van der Waals surface area contributed by atoms with E-state index in [1.165, 1.54) is 0 Å². The first-order valence-corrected chi connectivity index (χ1v) is 6.22. The first kappa shape index (κ1) is 12.1. The summed E-state index contributed by atoms with van der Waals surface area (Å²) in [5, 5.41) is 9.15. The van der Waals surface area contributed by atoms with E-state index in [0.717, 1.165) is 17.1 Å². The molecule has 80 valence electrons. The highest BCUT2D eigenvalue weighted by atomic mass is 32.2. The molecule has 1 aromatic carbocycles. The summed E-state index contributed by atoms with van der Waals surface area (Å²) >= 11 is 1.81. The van der Waals surface area contributed by atoms with Gasteiger partial charge in [0.15, 0.2) is 0 Å². The van der Waals surface area contributed by atoms with E-state index in [0.29, 0.717) is 6.42 Å². The van der Waals surface area contributed by atoms with Crippen LogP contribution in [0.2, 0.25) is 0 Å². The summed E-state index contributed by atoms with van der Waals surface area (Å²) in [5.74, 6) is 1.99. The van der Waals surface area contributed by atoms with Gasteiger partial charge in [-0.25, -0.2) is 0 Å². The molecule has 0 heterocycles. The Kier molecular flexibility index (Phi) is 4.67. The molecule has 1 atom stereocenters. The van der Waals surface area contributed by atoms with Crippen LogP contribution < -0.4 is 5.73 Å². The molecule has 0 saturated heterocycles. The maximum absolute atomic E-state index is 9.15. The number of thioether (sulfide) groups is 1. The number of hydrogen-bond acceptors (Lipinski definition) is 3. The van der Waals surface area contributed by atoms with E-state index in [1.54, 1.807) is 0 Å². The van der Waals surface area contributed by atoms with Gasteiger partial charge in [-0.15, -0.1) is 0 Å². The van der Waals surface area contributed by atoms with Crippen molar-refractivity contribution in [1.29, 1.82) is 5.26 Å². The highest BCUT2D eigenvalue weighted by Crippen LogP contribution is 2.23. The SMILES string of the molecule is CCSCCC(N)(C#N)c1ccccc1. The van der Waals surface area contributed by atoms with Crippen molar-refractivity contribution >= 4 is 11.8 Å². The third-order valence-corrected chi connectivity index (χ3v) is 3.23. The Morgan fingerprint density at radius 1 is 1.40 bits per heavy atom. The lowest BCUT2D eigenvalue weighted by molar-refractivity contribution is 0.560. The summed E-state index contributed by atoms with van der Waals surface area (Å²) < 4.78 is 0. The van der Waals surface area contributed by atoms with Gasteiger partial charge >= 0.3 is 0 Å². The average Bonchev–Trinajstić information content (AvgIpc) is 2.30. The third-order valence-electron chi connectivity index (χ3n) is 2.33. The second-order valence-electron chi connectivity index (χ2n) is 3.40. The Balaban J connectivity index is 2.73. The third kappa shape index (κ3) is 3.26. The van der Waals surface area contributed by atoms with Crippen LogP contribution >= 0.6 is 11.8 Å². The van der Waals surface area contributed by atoms with Gasteiger partial charge in [0.05, 0.1) is 6.07 Å². The smallest absolute Gasteiger partial charge is 0.130 e. The van der Waals surface area contributed by atoms with Crippen molar-refractivity contribution in [3.8, 4) is 6.07 Å². The molecular formula is C12H16N2S. The van der Waals surface area contributed by atoms with Crippen molar-refractivity contribution in [2.45, 2.75) is 18.9 Å². The van der Waals surface area contributed by atoms with Crippen LogP contribution in [0.4, 0.5) is 0 Å². The molecule has 0 spiro atoms. The second-order valence-corrected chi connectivity index (χ2v) is 4.79. The van der Waals surface area contributed by atoms with E-state index in [2.05, 4.69) is 13.0 Å². The van der Waals surface area contributed by atoms with Crippen molar-refractivity contribution in [2.75, 3.05) is 11.5 Å². The molecule has 0 radical (unpaired) electrons. The zero-order valence-corrected chi connectivity index (χ0v) is 9.76. The molecular weight excluding hydrogens is 204 g/mol. The minimum Gasteiger partial charge on any atom is -0.310 e. The number of rotatable bonds is 5. The van der Waals surface area contributed by atoms with Gasteiger partial charge < -0.3 is 5.73 Å². The van der Waals surface area contributed by atoms with Crippen molar-refractivity contribution < 1.29 is 0 Å². The maximum Gasteiger partial charge on any atom is 0.130 e. The van der Waals surface area contributed by atoms with Gasteiger partial charge in [-0.1, -0.05) is 37.3 Å². The zero-order chi connectivity index (χ0) is 11.1. The van der Waals surface area contributed by atoms with Crippen LogP contribution in [0.5, 0.6) is 0 Å². The average molecular weight is 220 g/mol. The molecule has 0 aliphatic carbocycles. The van der Waals surface area contributed by atoms with Crippen LogP contribution in [-0.2, 0) is 5.54 Å². The first-order chi connectivity index (χ1) is 7.23. The maximum atomic E-state index is 9.15. The summed E-state index contributed by atoms with van der Waals surface area (Å²) in [6.07, 6.45) is 0.700. The standard InChI is InChI=1S/C12H16N2S/c1-2-15-9-8-12(14,10-13)11-6-4-3-5-7-11/h3-7H,2,8-9,14H2,1H3. The van der Waals surface area contributed by atoms with Gasteiger partial charge in [-0.05, 0) is 23.5 Å². The minimum atomic E-state index is -0.830. The molecule has 1 aromatic rings. The van der Waals surface area contributed by atoms with Crippen molar-refractivity contribution in [1.82, 2.24) is 0 Å². The van der Waals surface area contributed by atoms with Crippen LogP contribution in [0.25, 0.3) is 0 Å². The lowest BCUT2D eigenvalue weighted by Crippen LogP contribution is -2.35. The van der Waals surface area contributed by atoms with Crippen LogP contribution in [0.1, 0.15) is 18.9 Å². The highest BCUT2D eigenvalue weighted by molar-refractivity contribution is 7.99. The summed E-state index contributed by atoms with van der Waals surface area (Å²) in [4.78, 5) is 0. The fraction of sp³-hybridized carbons (Fsp3) is 0.417. The summed E-state index contributed by atoms with van der Waals surface area (Å²) in [6, 6.07) is 11.8. The van der Waals surface area contributed by atoms with Gasteiger partial charge in [-0.3, -0.25) is 0 Å². The molecule has 15 heavy (non-hydrogen) atoms. The van der Waals surface area contributed by atoms with Crippen molar-refractivity contribution in [3.05, 3.63) is 35.9 Å². The molecule has 2 nitrogen and oxygen atoms in total. The van der Waals surface area contributed by atoms with E-state index in [4.69, 9.17) is 11.0 Å². The molecule has 1 unspecified atom stereocenters. The van der Waals surface area contributed by atoms with Crippen molar-refractivity contribution in [3.63, 3.8) is 0 Å². The van der Waals surface area contributed by atoms with Crippen molar-refractivity contribution in [2.24, 2.45) is 5.73 Å². The van der Waals surface area contributed by atoms with E-state index >= 15 is 0 Å². The van der Waals surface area contributed by atoms with Gasteiger partial charge in [0.25, 0.3) is 0 Å². The normalized spacial score (nSPS) is 14.2. The summed E-state index contributed by atoms with van der Waals surface area (Å²) in [6.45, 7) is 2.11. The molecule has 3 heteroatoms. The van der Waals surface area contributed by atoms with E-state index in [1.807, 2.05) is 42.1 Å². The van der Waals surface area contributed by atoms with Crippen LogP contribution in [-0.4, -0.2) is 11.5 Å². The number of nitrogens with zero attached hydrogens (tertiary/aromatic N) is 1. The fourth-order valence-electron chi connectivity index (χ4n) is 1.38. The number of hydrogen-bond donors (Lipinski definition) is 1. The van der Waals surface area contributed by atoms with Crippen LogP contribution in [0.3, 0.4) is 0 Å². The number of nitrogens with two attached hydrogens (primary N) is 1. The molecule has 0 fully saturated rings. The highest BCUT2D eigenvalue weighted by Gasteiger charge is 2.26. The molecule has 2 N–H and O–H groups in total. The number of benzene rings is 1. The van der Waals surface area contributed by atoms with E-state index in [-0.39, 0.29) is 0 Å². The lowest BCUT2D eigenvalue weighted by atomic mass is 9.90. The van der Waals surface area contributed by atoms with Gasteiger partial charge in [0.2, 0.25) is 0 Å². The predicted molar refractivity (Wildman–Crippen MR) is 65.5 cm³/mol. The monoisotopic (exact) mass is 220 g/mol. The predicted octanol–water partition coefficient (Wildman–Crippen LogP) is 2.51. The largest absolute Gasteiger partial charge is 0.310 e. The molecule has 0 aromatic heterocycles.